The Kier molecular flexibility index (Phi) is 5.22. The van der Waals surface area contributed by atoms with E-state index >= 15 is 0 Å². The van der Waals surface area contributed by atoms with Crippen LogP contribution in [-0.4, -0.2) is 58.8 Å². The molecular weight excluding hydrogens is 302 g/mol. The number of anilines is 2. The van der Waals surface area contributed by atoms with Crippen LogP contribution < -0.4 is 10.6 Å². The number of hydrogen-bond donors (Lipinski definition) is 3. The standard InChI is InChI=1S/C17H23N7/c1-24(2)10-9-19-17-22-16(12-21-23-17)18-8-7-13-11-20-15-6-4-3-5-14(13)15/h3-6,11-12,20H,7-10H2,1-2H3,(H2,18,19,22,23). The lowest BCUT2D eigenvalue weighted by atomic mass is 10.1. The Bertz CT molecular complexity index is 781. The molecule has 24 heavy (non-hydrogen) atoms. The number of para-hydroxylation sites is 1. The highest BCUT2D eigenvalue weighted by Gasteiger charge is 2.04. The van der Waals surface area contributed by atoms with Crippen molar-refractivity contribution in [2.45, 2.75) is 6.42 Å². The molecule has 0 aliphatic rings. The molecule has 0 saturated carbocycles. The first kappa shape index (κ1) is 16.2. The summed E-state index contributed by atoms with van der Waals surface area (Å²) >= 11 is 0. The first-order chi connectivity index (χ1) is 11.7. The van der Waals surface area contributed by atoms with Crippen molar-refractivity contribution in [2.24, 2.45) is 0 Å². The molecule has 0 radical (unpaired) electrons. The van der Waals surface area contributed by atoms with Crippen molar-refractivity contribution >= 4 is 22.7 Å². The van der Waals surface area contributed by atoms with Crippen LogP contribution in [0.2, 0.25) is 0 Å². The Labute approximate surface area is 141 Å². The third-order valence-electron chi connectivity index (χ3n) is 3.78. The third kappa shape index (κ3) is 4.20. The van der Waals surface area contributed by atoms with Gasteiger partial charge in [-0.25, -0.2) is 0 Å². The number of aromatic amines is 1. The van der Waals surface area contributed by atoms with Gasteiger partial charge in [0.05, 0.1) is 6.20 Å². The van der Waals surface area contributed by atoms with Crippen molar-refractivity contribution in [3.05, 3.63) is 42.2 Å². The lowest BCUT2D eigenvalue weighted by Crippen LogP contribution is -2.21. The number of H-pyrrole nitrogens is 1. The molecular formula is C17H23N7. The molecule has 0 amide bonds. The van der Waals surface area contributed by atoms with Gasteiger partial charge in [-0.15, -0.1) is 5.10 Å². The Morgan fingerprint density at radius 1 is 1.12 bits per heavy atom. The van der Waals surface area contributed by atoms with Crippen molar-refractivity contribution in [2.75, 3.05) is 44.4 Å². The molecule has 7 heteroatoms. The molecule has 0 atom stereocenters. The summed E-state index contributed by atoms with van der Waals surface area (Å²) in [6, 6.07) is 8.33. The van der Waals surface area contributed by atoms with E-state index in [1.54, 1.807) is 6.20 Å². The summed E-state index contributed by atoms with van der Waals surface area (Å²) < 4.78 is 0. The van der Waals surface area contributed by atoms with Crippen LogP contribution in [0.15, 0.2) is 36.7 Å². The molecule has 1 aromatic carbocycles. The number of fused-ring (bicyclic) bond motifs is 1. The number of hydrogen-bond acceptors (Lipinski definition) is 6. The van der Waals surface area contributed by atoms with E-state index < -0.39 is 0 Å². The van der Waals surface area contributed by atoms with E-state index in [2.05, 4.69) is 60.1 Å². The van der Waals surface area contributed by atoms with Crippen LogP contribution in [0.4, 0.5) is 11.8 Å². The molecule has 0 bridgehead atoms. The normalized spacial score (nSPS) is 11.1. The van der Waals surface area contributed by atoms with Crippen molar-refractivity contribution in [1.82, 2.24) is 25.1 Å². The van der Waals surface area contributed by atoms with Crippen LogP contribution in [-0.2, 0) is 6.42 Å². The largest absolute Gasteiger partial charge is 0.368 e. The molecule has 3 rings (SSSR count). The summed E-state index contributed by atoms with van der Waals surface area (Å²) in [6.07, 6.45) is 4.63. The quantitative estimate of drug-likeness (QED) is 0.587. The Balaban J connectivity index is 1.53. The van der Waals surface area contributed by atoms with E-state index in [1.165, 1.54) is 16.5 Å². The average Bonchev–Trinajstić information content (AvgIpc) is 2.98. The summed E-state index contributed by atoms with van der Waals surface area (Å²) in [4.78, 5) is 9.83. The molecule has 126 valence electrons. The van der Waals surface area contributed by atoms with Gasteiger partial charge in [0.2, 0.25) is 5.95 Å². The maximum atomic E-state index is 4.43. The van der Waals surface area contributed by atoms with Crippen molar-refractivity contribution in [3.8, 4) is 0 Å². The third-order valence-corrected chi connectivity index (χ3v) is 3.78. The van der Waals surface area contributed by atoms with Gasteiger partial charge in [0.15, 0.2) is 5.82 Å². The minimum atomic E-state index is 0.550. The Hall–Kier alpha value is -2.67. The maximum Gasteiger partial charge on any atom is 0.244 e. The average molecular weight is 325 g/mol. The van der Waals surface area contributed by atoms with Crippen LogP contribution in [0.5, 0.6) is 0 Å². The topological polar surface area (TPSA) is 81.8 Å². The molecule has 7 nitrogen and oxygen atoms in total. The van der Waals surface area contributed by atoms with Crippen molar-refractivity contribution < 1.29 is 0 Å². The van der Waals surface area contributed by atoms with Gasteiger partial charge in [0.1, 0.15) is 0 Å². The van der Waals surface area contributed by atoms with Gasteiger partial charge in [-0.1, -0.05) is 18.2 Å². The van der Waals surface area contributed by atoms with Gasteiger partial charge in [-0.3, -0.25) is 0 Å². The molecule has 0 aliphatic carbocycles. The number of likely N-dealkylation sites (N-methyl/N-ethyl adjacent to an activating group) is 1. The van der Waals surface area contributed by atoms with Gasteiger partial charge in [0, 0.05) is 36.7 Å². The van der Waals surface area contributed by atoms with E-state index in [0.717, 1.165) is 31.9 Å². The van der Waals surface area contributed by atoms with Gasteiger partial charge in [-0.2, -0.15) is 10.1 Å². The predicted molar refractivity (Wildman–Crippen MR) is 97.4 cm³/mol. The first-order valence-electron chi connectivity index (χ1n) is 8.09. The number of nitrogens with zero attached hydrogens (tertiary/aromatic N) is 4. The van der Waals surface area contributed by atoms with Crippen LogP contribution in [0.1, 0.15) is 5.56 Å². The summed E-state index contributed by atoms with van der Waals surface area (Å²) in [6.45, 7) is 2.49. The molecule has 2 heterocycles. The van der Waals surface area contributed by atoms with Gasteiger partial charge < -0.3 is 20.5 Å². The second-order valence-corrected chi connectivity index (χ2v) is 5.93. The molecule has 0 unspecified atom stereocenters. The predicted octanol–water partition coefficient (Wildman–Crippen LogP) is 1.98. The van der Waals surface area contributed by atoms with Gasteiger partial charge in [-0.05, 0) is 32.1 Å². The Morgan fingerprint density at radius 2 is 2.00 bits per heavy atom. The molecule has 3 aromatic rings. The van der Waals surface area contributed by atoms with Crippen LogP contribution in [0.3, 0.4) is 0 Å². The summed E-state index contributed by atoms with van der Waals surface area (Å²) in [5.74, 6) is 1.28. The molecule has 0 spiro atoms. The fourth-order valence-electron chi connectivity index (χ4n) is 2.52. The fourth-order valence-corrected chi connectivity index (χ4v) is 2.52. The number of nitrogens with one attached hydrogen (secondary N) is 3. The van der Waals surface area contributed by atoms with Crippen LogP contribution in [0.25, 0.3) is 10.9 Å². The lowest BCUT2D eigenvalue weighted by molar-refractivity contribution is 0.425. The van der Waals surface area contributed by atoms with Crippen LogP contribution in [0, 0.1) is 0 Å². The molecule has 0 fully saturated rings. The van der Waals surface area contributed by atoms with Crippen molar-refractivity contribution in [3.63, 3.8) is 0 Å². The summed E-state index contributed by atoms with van der Waals surface area (Å²) in [5.41, 5.74) is 2.47. The zero-order valence-corrected chi connectivity index (χ0v) is 14.1. The second kappa shape index (κ2) is 7.74. The fraction of sp³-hybridized carbons (Fsp3) is 0.353. The van der Waals surface area contributed by atoms with E-state index in [-0.39, 0.29) is 0 Å². The second-order valence-electron chi connectivity index (χ2n) is 5.93. The van der Waals surface area contributed by atoms with Crippen LogP contribution >= 0.6 is 0 Å². The lowest BCUT2D eigenvalue weighted by Gasteiger charge is -2.10. The number of rotatable bonds is 8. The zero-order valence-electron chi connectivity index (χ0n) is 14.1. The highest BCUT2D eigenvalue weighted by molar-refractivity contribution is 5.83. The van der Waals surface area contributed by atoms with Crippen molar-refractivity contribution in [1.29, 1.82) is 0 Å². The van der Waals surface area contributed by atoms with Gasteiger partial charge >= 0.3 is 0 Å². The minimum Gasteiger partial charge on any atom is -0.368 e. The number of benzene rings is 1. The first-order valence-corrected chi connectivity index (χ1v) is 8.09. The van der Waals surface area contributed by atoms with E-state index in [9.17, 15) is 0 Å². The monoisotopic (exact) mass is 325 g/mol. The molecule has 2 aromatic heterocycles. The highest BCUT2D eigenvalue weighted by Crippen LogP contribution is 2.18. The van der Waals surface area contributed by atoms with Gasteiger partial charge in [0.25, 0.3) is 0 Å². The Morgan fingerprint density at radius 3 is 2.88 bits per heavy atom. The SMILES string of the molecule is CN(C)CCNc1nncc(NCCc2c[nH]c3ccccc23)n1. The molecule has 3 N–H and O–H groups in total. The minimum absolute atomic E-state index is 0.550. The number of aromatic nitrogens is 4. The molecule has 0 aliphatic heterocycles. The smallest absolute Gasteiger partial charge is 0.244 e. The zero-order chi connectivity index (χ0) is 16.8. The summed E-state index contributed by atoms with van der Waals surface area (Å²) in [5, 5.41) is 15.7. The van der Waals surface area contributed by atoms with E-state index in [4.69, 9.17) is 0 Å². The summed E-state index contributed by atoms with van der Waals surface area (Å²) in [7, 11) is 4.06. The van der Waals surface area contributed by atoms with E-state index in [0.29, 0.717) is 5.95 Å². The highest BCUT2D eigenvalue weighted by atomic mass is 15.3. The molecule has 0 saturated heterocycles. The maximum absolute atomic E-state index is 4.43. The van der Waals surface area contributed by atoms with E-state index in [1.807, 2.05) is 20.2 Å².